The van der Waals surface area contributed by atoms with Crippen LogP contribution in [0.15, 0.2) is 54.7 Å². The fraction of sp³-hybridized carbons (Fsp3) is 0.350. The van der Waals surface area contributed by atoms with Crippen LogP contribution in [0.5, 0.6) is 0 Å². The third-order valence-corrected chi connectivity index (χ3v) is 4.80. The molecule has 0 spiro atoms. The summed E-state index contributed by atoms with van der Waals surface area (Å²) in [4.78, 5) is 7.15. The molecule has 2 aliphatic rings. The Labute approximate surface area is 137 Å². The van der Waals surface area contributed by atoms with Gasteiger partial charge in [0, 0.05) is 18.8 Å². The van der Waals surface area contributed by atoms with Gasteiger partial charge in [0.1, 0.15) is 0 Å². The molecule has 3 heteroatoms. The van der Waals surface area contributed by atoms with E-state index in [1.54, 1.807) is 0 Å². The first-order chi connectivity index (χ1) is 11.3. The molecule has 118 valence electrons. The number of pyridine rings is 1. The zero-order valence-electron chi connectivity index (χ0n) is 13.5. The Balaban J connectivity index is 1.60. The van der Waals surface area contributed by atoms with Crippen molar-refractivity contribution in [3.63, 3.8) is 0 Å². The number of hydrogen-bond acceptors (Lipinski definition) is 3. The summed E-state index contributed by atoms with van der Waals surface area (Å²) < 4.78 is 5.81. The molecule has 2 unspecified atom stereocenters. The van der Waals surface area contributed by atoms with Crippen LogP contribution in [-0.4, -0.2) is 35.2 Å². The van der Waals surface area contributed by atoms with E-state index in [0.717, 1.165) is 31.9 Å². The third-order valence-electron chi connectivity index (χ3n) is 4.80. The monoisotopic (exact) mass is 306 g/mol. The molecule has 4 rings (SSSR count). The van der Waals surface area contributed by atoms with E-state index in [-0.39, 0.29) is 0 Å². The Morgan fingerprint density at radius 2 is 2.04 bits per heavy atom. The van der Waals surface area contributed by atoms with Gasteiger partial charge in [0.25, 0.3) is 0 Å². The fourth-order valence-electron chi connectivity index (χ4n) is 3.60. The molecule has 2 bridgehead atoms. The molecule has 2 aliphatic heterocycles. The van der Waals surface area contributed by atoms with E-state index in [1.807, 2.05) is 6.20 Å². The largest absolute Gasteiger partial charge is 0.378 e. The number of morpholine rings is 1. The molecule has 0 N–H and O–H groups in total. The summed E-state index contributed by atoms with van der Waals surface area (Å²) in [6.07, 6.45) is 5.29. The van der Waals surface area contributed by atoms with Gasteiger partial charge in [0.2, 0.25) is 0 Å². The lowest BCUT2D eigenvalue weighted by Crippen LogP contribution is -2.53. The van der Waals surface area contributed by atoms with Gasteiger partial charge in [-0.25, -0.2) is 0 Å². The molecule has 3 heterocycles. The maximum atomic E-state index is 5.81. The molecule has 0 aliphatic carbocycles. The van der Waals surface area contributed by atoms with Crippen LogP contribution in [0.2, 0.25) is 0 Å². The summed E-state index contributed by atoms with van der Waals surface area (Å²) in [7, 11) is 0. The maximum Gasteiger partial charge on any atom is 0.0662 e. The molecule has 0 amide bonds. The fourth-order valence-corrected chi connectivity index (χ4v) is 3.60. The average Bonchev–Trinajstić information content (AvgIpc) is 2.55. The average molecular weight is 306 g/mol. The van der Waals surface area contributed by atoms with Crippen molar-refractivity contribution in [2.45, 2.75) is 32.0 Å². The zero-order valence-corrected chi connectivity index (χ0v) is 13.5. The van der Waals surface area contributed by atoms with Crippen LogP contribution in [-0.2, 0) is 11.3 Å². The second-order valence-electron chi connectivity index (χ2n) is 6.53. The summed E-state index contributed by atoms with van der Waals surface area (Å²) >= 11 is 0. The normalized spacial score (nSPS) is 24.3. The highest BCUT2D eigenvalue weighted by atomic mass is 16.5. The number of aryl methyl sites for hydroxylation is 1. The molecule has 2 aromatic rings. The Hall–Kier alpha value is -1.97. The number of benzene rings is 1. The summed E-state index contributed by atoms with van der Waals surface area (Å²) in [6.45, 7) is 4.70. The van der Waals surface area contributed by atoms with Gasteiger partial charge >= 0.3 is 0 Å². The van der Waals surface area contributed by atoms with E-state index in [0.29, 0.717) is 12.1 Å². The van der Waals surface area contributed by atoms with E-state index >= 15 is 0 Å². The first-order valence-electron chi connectivity index (χ1n) is 8.31. The Morgan fingerprint density at radius 3 is 2.83 bits per heavy atom. The smallest absolute Gasteiger partial charge is 0.0662 e. The lowest BCUT2D eigenvalue weighted by molar-refractivity contribution is -0.0403. The van der Waals surface area contributed by atoms with Crippen LogP contribution in [0, 0.1) is 6.92 Å². The van der Waals surface area contributed by atoms with E-state index < -0.39 is 0 Å². The van der Waals surface area contributed by atoms with Gasteiger partial charge < -0.3 is 4.74 Å². The first-order valence-corrected chi connectivity index (χ1v) is 8.31. The number of aromatic nitrogens is 1. The van der Waals surface area contributed by atoms with Crippen molar-refractivity contribution in [1.82, 2.24) is 9.88 Å². The van der Waals surface area contributed by atoms with Crippen LogP contribution in [0.3, 0.4) is 0 Å². The standard InChI is InChI=1S/C20H22N2O/c1-15-7-8-21-20(9-15)17-10-18-13-23-14-19(11-17)22(18)12-16-5-3-2-4-6-16/h2-10,18-19H,11-14H2,1H3. The quantitative estimate of drug-likeness (QED) is 0.868. The lowest BCUT2D eigenvalue weighted by Gasteiger charge is -2.44. The first kappa shape index (κ1) is 14.6. The predicted octanol–water partition coefficient (Wildman–Crippen LogP) is 3.45. The van der Waals surface area contributed by atoms with Gasteiger partial charge in [-0.2, -0.15) is 0 Å². The minimum Gasteiger partial charge on any atom is -0.378 e. The summed E-state index contributed by atoms with van der Waals surface area (Å²) in [5, 5.41) is 0. The van der Waals surface area contributed by atoms with Gasteiger partial charge in [0.15, 0.2) is 0 Å². The number of nitrogens with zero attached hydrogens (tertiary/aromatic N) is 2. The van der Waals surface area contributed by atoms with Gasteiger partial charge in [-0.15, -0.1) is 0 Å². The minimum absolute atomic E-state index is 0.347. The number of fused-ring (bicyclic) bond motifs is 2. The molecular formula is C20H22N2O. The van der Waals surface area contributed by atoms with Crippen LogP contribution in [0.1, 0.15) is 23.2 Å². The van der Waals surface area contributed by atoms with Crippen molar-refractivity contribution in [1.29, 1.82) is 0 Å². The molecule has 3 nitrogen and oxygen atoms in total. The van der Waals surface area contributed by atoms with Crippen molar-refractivity contribution in [2.24, 2.45) is 0 Å². The summed E-state index contributed by atoms with van der Waals surface area (Å²) in [6, 6.07) is 15.7. The molecule has 1 aromatic heterocycles. The highest BCUT2D eigenvalue weighted by Crippen LogP contribution is 2.32. The van der Waals surface area contributed by atoms with Crippen LogP contribution in [0.25, 0.3) is 5.57 Å². The lowest BCUT2D eigenvalue weighted by atomic mass is 9.91. The van der Waals surface area contributed by atoms with Gasteiger partial charge in [-0.3, -0.25) is 9.88 Å². The van der Waals surface area contributed by atoms with Crippen LogP contribution < -0.4 is 0 Å². The minimum atomic E-state index is 0.347. The Kier molecular flexibility index (Phi) is 3.98. The van der Waals surface area contributed by atoms with Crippen LogP contribution >= 0.6 is 0 Å². The van der Waals surface area contributed by atoms with Crippen LogP contribution in [0.4, 0.5) is 0 Å². The molecule has 0 radical (unpaired) electrons. The predicted molar refractivity (Wildman–Crippen MR) is 91.9 cm³/mol. The van der Waals surface area contributed by atoms with Crippen molar-refractivity contribution in [2.75, 3.05) is 13.2 Å². The van der Waals surface area contributed by atoms with Crippen molar-refractivity contribution in [3.05, 3.63) is 71.6 Å². The van der Waals surface area contributed by atoms with E-state index in [4.69, 9.17) is 4.74 Å². The molecule has 1 saturated heterocycles. The molecular weight excluding hydrogens is 284 g/mol. The Morgan fingerprint density at radius 1 is 1.17 bits per heavy atom. The molecule has 0 saturated carbocycles. The third kappa shape index (κ3) is 3.07. The van der Waals surface area contributed by atoms with Crippen molar-refractivity contribution < 1.29 is 4.74 Å². The van der Waals surface area contributed by atoms with Crippen molar-refractivity contribution in [3.8, 4) is 0 Å². The summed E-state index contributed by atoms with van der Waals surface area (Å²) in [5.41, 5.74) is 5.14. The maximum absolute atomic E-state index is 5.81. The SMILES string of the molecule is Cc1ccnc(C2=CC3COCC(C2)N3Cc2ccccc2)c1. The van der Waals surface area contributed by atoms with Gasteiger partial charge in [-0.05, 0) is 42.2 Å². The van der Waals surface area contributed by atoms with E-state index in [1.165, 1.54) is 16.7 Å². The van der Waals surface area contributed by atoms with E-state index in [2.05, 4.69) is 65.3 Å². The van der Waals surface area contributed by atoms with E-state index in [9.17, 15) is 0 Å². The molecule has 2 atom stereocenters. The summed E-state index contributed by atoms with van der Waals surface area (Å²) in [5.74, 6) is 0. The molecule has 1 aromatic carbocycles. The molecule has 23 heavy (non-hydrogen) atoms. The highest BCUT2D eigenvalue weighted by Gasteiger charge is 2.35. The van der Waals surface area contributed by atoms with Gasteiger partial charge in [0.05, 0.1) is 24.9 Å². The van der Waals surface area contributed by atoms with Crippen molar-refractivity contribution >= 4 is 5.57 Å². The molecule has 1 fully saturated rings. The number of hydrogen-bond donors (Lipinski definition) is 0. The second kappa shape index (κ2) is 6.26. The number of rotatable bonds is 3. The number of ether oxygens (including phenoxy) is 1. The Bertz CT molecular complexity index is 711. The highest BCUT2D eigenvalue weighted by molar-refractivity contribution is 5.65. The second-order valence-corrected chi connectivity index (χ2v) is 6.53. The topological polar surface area (TPSA) is 25.4 Å². The zero-order chi connectivity index (χ0) is 15.6. The van der Waals surface area contributed by atoms with Gasteiger partial charge in [-0.1, -0.05) is 36.4 Å².